The average Bonchev–Trinajstić information content (AvgIpc) is 2.95. The van der Waals surface area contributed by atoms with E-state index in [1.54, 1.807) is 13.2 Å². The Morgan fingerprint density at radius 2 is 2.05 bits per heavy atom. The summed E-state index contributed by atoms with van der Waals surface area (Å²) < 4.78 is 18.5. The Hall–Kier alpha value is -1.91. The number of methoxy groups -OCH3 is 1. The number of hydrogen-bond donors (Lipinski definition) is 2. The molecule has 0 aliphatic heterocycles. The highest BCUT2D eigenvalue weighted by atomic mass is 19.1. The van der Waals surface area contributed by atoms with Crippen molar-refractivity contribution in [3.05, 3.63) is 65.0 Å². The van der Waals surface area contributed by atoms with E-state index in [1.165, 1.54) is 11.6 Å². The number of rotatable bonds is 5. The van der Waals surface area contributed by atoms with E-state index in [2.05, 4.69) is 5.32 Å². The van der Waals surface area contributed by atoms with Crippen LogP contribution in [0.4, 0.5) is 4.39 Å². The van der Waals surface area contributed by atoms with Crippen LogP contribution >= 0.6 is 0 Å². The molecule has 4 heteroatoms. The molecule has 22 heavy (non-hydrogen) atoms. The summed E-state index contributed by atoms with van der Waals surface area (Å²) in [5.41, 5.74) is 3.05. The lowest BCUT2D eigenvalue weighted by Gasteiger charge is -2.18. The number of halogens is 1. The molecule has 3 nitrogen and oxygen atoms in total. The molecule has 0 unspecified atom stereocenters. The van der Waals surface area contributed by atoms with Crippen molar-refractivity contribution in [1.82, 2.24) is 5.32 Å². The zero-order chi connectivity index (χ0) is 15.5. The molecule has 2 N–H and O–H groups in total. The summed E-state index contributed by atoms with van der Waals surface area (Å²) in [5.74, 6) is 0.562. The Balaban J connectivity index is 1.62. The molecule has 116 valence electrons. The molecule has 1 aliphatic rings. The third kappa shape index (κ3) is 3.13. The second kappa shape index (κ2) is 6.46. The van der Waals surface area contributed by atoms with Gasteiger partial charge in [0.1, 0.15) is 11.6 Å². The van der Waals surface area contributed by atoms with Crippen LogP contribution in [-0.2, 0) is 6.42 Å². The minimum atomic E-state index is -0.594. The molecule has 2 aromatic carbocycles. The van der Waals surface area contributed by atoms with Gasteiger partial charge in [0.05, 0.1) is 13.2 Å². The molecule has 3 rings (SSSR count). The highest BCUT2D eigenvalue weighted by Gasteiger charge is 2.23. The number of aryl methyl sites for hydroxylation is 1. The van der Waals surface area contributed by atoms with Gasteiger partial charge in [-0.1, -0.05) is 18.2 Å². The number of nitrogens with one attached hydrogen (secondary N) is 1. The Morgan fingerprint density at radius 3 is 2.77 bits per heavy atom. The van der Waals surface area contributed by atoms with Crippen molar-refractivity contribution in [3.63, 3.8) is 0 Å². The van der Waals surface area contributed by atoms with Crippen LogP contribution in [-0.4, -0.2) is 18.8 Å². The quantitative estimate of drug-likeness (QED) is 0.891. The van der Waals surface area contributed by atoms with Gasteiger partial charge in [0.25, 0.3) is 0 Å². The average molecular weight is 301 g/mol. The smallest absolute Gasteiger partial charge is 0.123 e. The van der Waals surface area contributed by atoms with Gasteiger partial charge in [0, 0.05) is 12.6 Å². The van der Waals surface area contributed by atoms with Crippen molar-refractivity contribution < 1.29 is 14.2 Å². The predicted octanol–water partition coefficient (Wildman–Crippen LogP) is 3.14. The zero-order valence-electron chi connectivity index (χ0n) is 12.6. The lowest BCUT2D eigenvalue weighted by Crippen LogP contribution is -2.25. The fourth-order valence-corrected chi connectivity index (χ4v) is 2.98. The maximum absolute atomic E-state index is 13.4. The molecular formula is C18H20FNO2. The highest BCUT2D eigenvalue weighted by molar-refractivity contribution is 5.35. The van der Waals surface area contributed by atoms with Crippen molar-refractivity contribution in [2.45, 2.75) is 25.0 Å². The Morgan fingerprint density at radius 1 is 1.27 bits per heavy atom. The fraction of sp³-hybridized carbons (Fsp3) is 0.333. The number of aliphatic hydroxyl groups excluding tert-OH is 1. The Bertz CT molecular complexity index is 642. The summed E-state index contributed by atoms with van der Waals surface area (Å²) in [6.07, 6.45) is 1.29. The lowest BCUT2D eigenvalue weighted by molar-refractivity contribution is 0.169. The van der Waals surface area contributed by atoms with Crippen molar-refractivity contribution in [3.8, 4) is 5.75 Å². The summed E-state index contributed by atoms with van der Waals surface area (Å²) >= 11 is 0. The van der Waals surface area contributed by atoms with Crippen molar-refractivity contribution in [2.24, 2.45) is 0 Å². The molecule has 0 amide bonds. The minimum absolute atomic E-state index is 0.110. The Labute approximate surface area is 129 Å². The summed E-state index contributed by atoms with van der Waals surface area (Å²) in [5, 5.41) is 13.6. The van der Waals surface area contributed by atoms with Gasteiger partial charge >= 0.3 is 0 Å². The normalized spacial score (nSPS) is 18.0. The number of aliphatic hydroxyl groups is 1. The number of ether oxygens (including phenoxy) is 1. The third-order valence-corrected chi connectivity index (χ3v) is 4.24. The standard InChI is InChI=1S/C18H20FNO2/c1-22-15-7-3-13(4-8-15)18(21)11-20-17-9-5-12-2-6-14(19)10-16(12)17/h2-4,6-8,10,17-18,20-21H,5,9,11H2,1H3/t17-,18+/m1/s1. The van der Waals surface area contributed by atoms with E-state index in [-0.39, 0.29) is 11.9 Å². The van der Waals surface area contributed by atoms with Crippen molar-refractivity contribution in [2.75, 3.05) is 13.7 Å². The summed E-state index contributed by atoms with van der Waals surface area (Å²) in [7, 11) is 1.61. The van der Waals surface area contributed by atoms with Gasteiger partial charge in [-0.25, -0.2) is 4.39 Å². The van der Waals surface area contributed by atoms with E-state index in [1.807, 2.05) is 30.3 Å². The lowest BCUT2D eigenvalue weighted by atomic mass is 10.1. The maximum Gasteiger partial charge on any atom is 0.123 e. The summed E-state index contributed by atoms with van der Waals surface area (Å²) in [6, 6.07) is 12.4. The molecule has 0 saturated carbocycles. The van der Waals surface area contributed by atoms with Gasteiger partial charge in [-0.05, 0) is 53.8 Å². The van der Waals surface area contributed by atoms with E-state index < -0.39 is 6.10 Å². The molecule has 0 saturated heterocycles. The first-order chi connectivity index (χ1) is 10.7. The predicted molar refractivity (Wildman–Crippen MR) is 83.4 cm³/mol. The van der Waals surface area contributed by atoms with Crippen molar-refractivity contribution in [1.29, 1.82) is 0 Å². The van der Waals surface area contributed by atoms with Crippen LogP contribution < -0.4 is 10.1 Å². The molecule has 0 heterocycles. The number of hydrogen-bond acceptors (Lipinski definition) is 3. The maximum atomic E-state index is 13.4. The summed E-state index contributed by atoms with van der Waals surface area (Å²) in [4.78, 5) is 0. The summed E-state index contributed by atoms with van der Waals surface area (Å²) in [6.45, 7) is 0.437. The first-order valence-electron chi connectivity index (χ1n) is 7.51. The molecule has 0 fully saturated rings. The molecule has 2 aromatic rings. The van der Waals surface area contributed by atoms with Crippen LogP contribution in [0.5, 0.6) is 5.75 Å². The topological polar surface area (TPSA) is 41.5 Å². The molecule has 0 radical (unpaired) electrons. The Kier molecular flexibility index (Phi) is 4.41. The van der Waals surface area contributed by atoms with Crippen molar-refractivity contribution >= 4 is 0 Å². The third-order valence-electron chi connectivity index (χ3n) is 4.24. The van der Waals surface area contributed by atoms with E-state index >= 15 is 0 Å². The first kappa shape index (κ1) is 15.0. The molecular weight excluding hydrogens is 281 g/mol. The van der Waals surface area contributed by atoms with Crippen LogP contribution in [0, 0.1) is 5.82 Å². The van der Waals surface area contributed by atoms with Crippen LogP contribution in [0.3, 0.4) is 0 Å². The van der Waals surface area contributed by atoms with Gasteiger partial charge in [-0.3, -0.25) is 0 Å². The minimum Gasteiger partial charge on any atom is -0.497 e. The monoisotopic (exact) mass is 301 g/mol. The van der Waals surface area contributed by atoms with Crippen LogP contribution in [0.25, 0.3) is 0 Å². The van der Waals surface area contributed by atoms with E-state index in [0.717, 1.165) is 29.7 Å². The number of fused-ring (bicyclic) bond motifs is 1. The van der Waals surface area contributed by atoms with Gasteiger partial charge in [-0.15, -0.1) is 0 Å². The second-order valence-corrected chi connectivity index (χ2v) is 5.63. The second-order valence-electron chi connectivity index (χ2n) is 5.63. The number of benzene rings is 2. The van der Waals surface area contributed by atoms with Crippen LogP contribution in [0.2, 0.25) is 0 Å². The fourth-order valence-electron chi connectivity index (χ4n) is 2.98. The van der Waals surface area contributed by atoms with E-state index in [9.17, 15) is 9.50 Å². The highest BCUT2D eigenvalue weighted by Crippen LogP contribution is 2.32. The molecule has 2 atom stereocenters. The van der Waals surface area contributed by atoms with Gasteiger partial charge < -0.3 is 15.2 Å². The molecule has 0 bridgehead atoms. The SMILES string of the molecule is COc1ccc([C@@H](O)CN[C@@H]2CCc3ccc(F)cc32)cc1. The van der Waals surface area contributed by atoms with Gasteiger partial charge in [-0.2, -0.15) is 0 Å². The molecule has 1 aliphatic carbocycles. The van der Waals surface area contributed by atoms with Crippen LogP contribution in [0.1, 0.15) is 35.3 Å². The van der Waals surface area contributed by atoms with E-state index in [0.29, 0.717) is 6.54 Å². The molecule has 0 spiro atoms. The zero-order valence-corrected chi connectivity index (χ0v) is 12.6. The van der Waals surface area contributed by atoms with Gasteiger partial charge in [0.2, 0.25) is 0 Å². The van der Waals surface area contributed by atoms with Crippen LogP contribution in [0.15, 0.2) is 42.5 Å². The van der Waals surface area contributed by atoms with E-state index in [4.69, 9.17) is 4.74 Å². The first-order valence-corrected chi connectivity index (χ1v) is 7.51. The van der Waals surface area contributed by atoms with Gasteiger partial charge in [0.15, 0.2) is 0 Å². The largest absolute Gasteiger partial charge is 0.497 e. The molecule has 0 aromatic heterocycles.